The normalized spacial score (nSPS) is 11.3. The molecule has 0 saturated carbocycles. The molecule has 0 spiro atoms. The van der Waals surface area contributed by atoms with Gasteiger partial charge in [-0.25, -0.2) is 0 Å². The van der Waals surface area contributed by atoms with Gasteiger partial charge in [-0.1, -0.05) is 36.0 Å². The summed E-state index contributed by atoms with van der Waals surface area (Å²) in [6, 6.07) is 7.21. The molecule has 2 heteroatoms. The van der Waals surface area contributed by atoms with Crippen LogP contribution in [0.4, 0.5) is 0 Å². The number of benzene rings is 1. The molecule has 0 bridgehead atoms. The first-order valence-electron chi connectivity index (χ1n) is 4.11. The van der Waals surface area contributed by atoms with Crippen LogP contribution in [0.3, 0.4) is 0 Å². The van der Waals surface area contributed by atoms with Crippen LogP contribution in [-0.2, 0) is 6.42 Å². The zero-order valence-electron chi connectivity index (χ0n) is 7.53. The number of aromatic hydroxyl groups is 1. The highest BCUT2D eigenvalue weighted by Gasteiger charge is 1.93. The Morgan fingerprint density at radius 3 is 2.54 bits per heavy atom. The quantitative estimate of drug-likeness (QED) is 0.587. The topological polar surface area (TPSA) is 20.2 Å². The first kappa shape index (κ1) is 9.93. The average Bonchev–Trinajstić information content (AvgIpc) is 2.09. The highest BCUT2D eigenvalue weighted by molar-refractivity contribution is 7.79. The van der Waals surface area contributed by atoms with E-state index in [0.717, 1.165) is 6.42 Å². The summed E-state index contributed by atoms with van der Waals surface area (Å²) >= 11 is 4.72. The van der Waals surface area contributed by atoms with Crippen LogP contribution in [0.5, 0.6) is 5.75 Å². The molecule has 1 rings (SSSR count). The first-order valence-corrected chi connectivity index (χ1v) is 4.58. The minimum Gasteiger partial charge on any atom is -0.508 e. The summed E-state index contributed by atoms with van der Waals surface area (Å²) in [5.74, 6) is 0.306. The van der Waals surface area contributed by atoms with Crippen molar-refractivity contribution < 1.29 is 5.11 Å². The lowest BCUT2D eigenvalue weighted by Gasteiger charge is -2.00. The number of hydrogen-bond donors (Lipinski definition) is 1. The Balaban J connectivity index is 2.69. The predicted octanol–water partition coefficient (Wildman–Crippen LogP) is 2.88. The molecule has 0 aromatic heterocycles. The van der Waals surface area contributed by atoms with Gasteiger partial charge in [-0.05, 0) is 31.0 Å². The molecule has 0 atom stereocenters. The summed E-state index contributed by atoms with van der Waals surface area (Å²) in [6.07, 6.45) is 2.80. The van der Waals surface area contributed by atoms with E-state index in [0.29, 0.717) is 5.75 Å². The van der Waals surface area contributed by atoms with Gasteiger partial charge in [-0.2, -0.15) is 0 Å². The fourth-order valence-electron chi connectivity index (χ4n) is 1.11. The Labute approximate surface area is 83.7 Å². The molecule has 13 heavy (non-hydrogen) atoms. The Morgan fingerprint density at radius 2 is 2.00 bits per heavy atom. The van der Waals surface area contributed by atoms with Crippen molar-refractivity contribution in [2.75, 3.05) is 0 Å². The van der Waals surface area contributed by atoms with Gasteiger partial charge in [0.2, 0.25) is 0 Å². The van der Waals surface area contributed by atoms with Crippen LogP contribution in [-0.4, -0.2) is 10.5 Å². The molecule has 0 amide bonds. The Kier molecular flexibility index (Phi) is 3.65. The maximum Gasteiger partial charge on any atom is 0.115 e. The van der Waals surface area contributed by atoms with E-state index in [1.54, 1.807) is 17.5 Å². The molecular weight excluding hydrogens is 180 g/mol. The zero-order valence-corrected chi connectivity index (χ0v) is 8.34. The second-order valence-electron chi connectivity index (χ2n) is 2.99. The van der Waals surface area contributed by atoms with Gasteiger partial charge in [-0.3, -0.25) is 0 Å². The molecule has 0 saturated heterocycles. The van der Waals surface area contributed by atoms with Crippen molar-refractivity contribution in [2.45, 2.75) is 13.3 Å². The second kappa shape index (κ2) is 4.77. The smallest absolute Gasteiger partial charge is 0.115 e. The zero-order chi connectivity index (χ0) is 9.68. The number of allylic oxidation sites excluding steroid dienone is 2. The van der Waals surface area contributed by atoms with Crippen molar-refractivity contribution in [3.63, 3.8) is 0 Å². The van der Waals surface area contributed by atoms with Gasteiger partial charge < -0.3 is 5.11 Å². The van der Waals surface area contributed by atoms with E-state index >= 15 is 0 Å². The fourth-order valence-corrected chi connectivity index (χ4v) is 1.34. The van der Waals surface area contributed by atoms with Crippen molar-refractivity contribution in [2.24, 2.45) is 0 Å². The molecular formula is C11H12OS. The fraction of sp³-hybridized carbons (Fsp3) is 0.182. The predicted molar refractivity (Wildman–Crippen MR) is 59.2 cm³/mol. The van der Waals surface area contributed by atoms with Crippen LogP contribution in [0.15, 0.2) is 35.9 Å². The third-order valence-electron chi connectivity index (χ3n) is 1.77. The molecule has 1 N–H and O–H groups in total. The lowest BCUT2D eigenvalue weighted by atomic mass is 10.1. The summed E-state index contributed by atoms with van der Waals surface area (Å²) in [5, 5.41) is 10.7. The van der Waals surface area contributed by atoms with E-state index in [1.165, 1.54) is 11.1 Å². The van der Waals surface area contributed by atoms with Crippen molar-refractivity contribution in [1.29, 1.82) is 0 Å². The first-order chi connectivity index (χ1) is 6.22. The van der Waals surface area contributed by atoms with Crippen LogP contribution in [0.1, 0.15) is 12.5 Å². The third-order valence-corrected chi connectivity index (χ3v) is 1.91. The van der Waals surface area contributed by atoms with E-state index in [2.05, 4.69) is 0 Å². The van der Waals surface area contributed by atoms with E-state index in [1.807, 2.05) is 25.1 Å². The molecule has 68 valence electrons. The molecule has 0 fully saturated rings. The van der Waals surface area contributed by atoms with E-state index < -0.39 is 0 Å². The van der Waals surface area contributed by atoms with Crippen molar-refractivity contribution in [3.05, 3.63) is 41.5 Å². The Morgan fingerprint density at radius 1 is 1.38 bits per heavy atom. The third kappa shape index (κ3) is 3.38. The van der Waals surface area contributed by atoms with Gasteiger partial charge >= 0.3 is 0 Å². The molecule has 0 aliphatic carbocycles. The van der Waals surface area contributed by atoms with Gasteiger partial charge in [0, 0.05) is 5.37 Å². The average molecular weight is 192 g/mol. The minimum absolute atomic E-state index is 0.306. The summed E-state index contributed by atoms with van der Waals surface area (Å²) < 4.78 is 0. The van der Waals surface area contributed by atoms with Crippen LogP contribution in [0, 0.1) is 0 Å². The largest absolute Gasteiger partial charge is 0.508 e. The molecule has 1 nitrogen and oxygen atoms in total. The minimum atomic E-state index is 0.306. The molecule has 0 unspecified atom stereocenters. The van der Waals surface area contributed by atoms with Crippen LogP contribution >= 0.6 is 12.2 Å². The van der Waals surface area contributed by atoms with Crippen molar-refractivity contribution >= 4 is 17.6 Å². The molecule has 0 heterocycles. The van der Waals surface area contributed by atoms with E-state index in [4.69, 9.17) is 17.3 Å². The van der Waals surface area contributed by atoms with E-state index in [9.17, 15) is 0 Å². The van der Waals surface area contributed by atoms with Gasteiger partial charge in [-0.15, -0.1) is 0 Å². The standard InChI is InChI=1S/C11H12OS/c1-9(6-7-13)8-10-2-4-11(12)5-3-10/h2-7,12H,8H2,1H3. The van der Waals surface area contributed by atoms with Gasteiger partial charge in [0.1, 0.15) is 5.75 Å². The number of thiocarbonyl (C=S) groups is 1. The maximum atomic E-state index is 9.06. The highest BCUT2D eigenvalue weighted by Crippen LogP contribution is 2.12. The second-order valence-corrected chi connectivity index (χ2v) is 3.26. The number of rotatable bonds is 3. The maximum absolute atomic E-state index is 9.06. The number of phenolic OH excluding ortho intramolecular Hbond substituents is 1. The lowest BCUT2D eigenvalue weighted by Crippen LogP contribution is -1.86. The number of phenols is 1. The molecule has 1 aromatic rings. The molecule has 0 aliphatic rings. The van der Waals surface area contributed by atoms with Crippen LogP contribution in [0.2, 0.25) is 0 Å². The molecule has 0 aliphatic heterocycles. The van der Waals surface area contributed by atoms with Crippen LogP contribution < -0.4 is 0 Å². The van der Waals surface area contributed by atoms with E-state index in [-0.39, 0.29) is 0 Å². The molecule has 0 radical (unpaired) electrons. The summed E-state index contributed by atoms with van der Waals surface area (Å²) in [7, 11) is 0. The van der Waals surface area contributed by atoms with Crippen LogP contribution in [0.25, 0.3) is 0 Å². The van der Waals surface area contributed by atoms with Gasteiger partial charge in [0.15, 0.2) is 0 Å². The molecule has 1 aromatic carbocycles. The summed E-state index contributed by atoms with van der Waals surface area (Å²) in [4.78, 5) is 0. The Bertz CT molecular complexity index is 311. The number of hydrogen-bond acceptors (Lipinski definition) is 2. The van der Waals surface area contributed by atoms with Gasteiger partial charge in [0.25, 0.3) is 0 Å². The van der Waals surface area contributed by atoms with Crippen molar-refractivity contribution in [3.8, 4) is 5.75 Å². The SMILES string of the molecule is CC(=CC=S)Cc1ccc(O)cc1. The monoisotopic (exact) mass is 192 g/mol. The highest BCUT2D eigenvalue weighted by atomic mass is 32.1. The van der Waals surface area contributed by atoms with Crippen molar-refractivity contribution in [1.82, 2.24) is 0 Å². The van der Waals surface area contributed by atoms with Gasteiger partial charge in [0.05, 0.1) is 0 Å². The lowest BCUT2D eigenvalue weighted by molar-refractivity contribution is 0.475. The Hall–Kier alpha value is -1.15. The summed E-state index contributed by atoms with van der Waals surface area (Å²) in [5.41, 5.74) is 2.41. The summed E-state index contributed by atoms with van der Waals surface area (Å²) in [6.45, 7) is 2.04.